The zero-order valence-corrected chi connectivity index (χ0v) is 12.8. The Morgan fingerprint density at radius 1 is 1.43 bits per heavy atom. The van der Waals surface area contributed by atoms with Crippen molar-refractivity contribution in [3.63, 3.8) is 0 Å². The van der Waals surface area contributed by atoms with Gasteiger partial charge < -0.3 is 14.4 Å². The van der Waals surface area contributed by atoms with Gasteiger partial charge in [-0.3, -0.25) is 4.90 Å². The fraction of sp³-hybridized carbons (Fsp3) is 0.688. The minimum absolute atomic E-state index is 0.690. The predicted molar refractivity (Wildman–Crippen MR) is 82.5 cm³/mol. The molecule has 0 N–H and O–H groups in total. The van der Waals surface area contributed by atoms with Gasteiger partial charge in [-0.2, -0.15) is 0 Å². The standard InChI is InChI=1S/C16H25N3O2/c1-20-10-8-19-7-6-18(11-14-4-9-21-13-14)12-15-3-2-5-17-16(15)19/h2-3,5,14H,4,6-13H2,1H3. The number of nitrogens with zero attached hydrogens (tertiary/aromatic N) is 3. The second-order valence-corrected chi connectivity index (χ2v) is 5.93. The van der Waals surface area contributed by atoms with Gasteiger partial charge in [0.1, 0.15) is 5.82 Å². The van der Waals surface area contributed by atoms with Gasteiger partial charge in [-0.25, -0.2) is 4.98 Å². The Balaban J connectivity index is 1.70. The number of aromatic nitrogens is 1. The maximum absolute atomic E-state index is 5.51. The van der Waals surface area contributed by atoms with E-state index >= 15 is 0 Å². The average Bonchev–Trinajstić information content (AvgIpc) is 2.94. The molecule has 0 saturated carbocycles. The van der Waals surface area contributed by atoms with E-state index < -0.39 is 0 Å². The van der Waals surface area contributed by atoms with E-state index in [1.165, 1.54) is 12.0 Å². The highest BCUT2D eigenvalue weighted by Crippen LogP contribution is 2.24. The number of rotatable bonds is 5. The quantitative estimate of drug-likeness (QED) is 0.819. The fourth-order valence-corrected chi connectivity index (χ4v) is 3.19. The van der Waals surface area contributed by atoms with Crippen LogP contribution < -0.4 is 4.90 Å². The molecule has 21 heavy (non-hydrogen) atoms. The van der Waals surface area contributed by atoms with Crippen molar-refractivity contribution in [1.82, 2.24) is 9.88 Å². The molecule has 0 spiro atoms. The Hall–Kier alpha value is -1.17. The van der Waals surface area contributed by atoms with Crippen molar-refractivity contribution in [3.05, 3.63) is 23.9 Å². The molecule has 1 aromatic heterocycles. The molecule has 0 aliphatic carbocycles. The lowest BCUT2D eigenvalue weighted by molar-refractivity contribution is 0.166. The lowest BCUT2D eigenvalue weighted by atomic mass is 10.1. The third-order valence-corrected chi connectivity index (χ3v) is 4.35. The first-order chi connectivity index (χ1) is 10.4. The lowest BCUT2D eigenvalue weighted by Crippen LogP contribution is -2.35. The highest BCUT2D eigenvalue weighted by molar-refractivity contribution is 5.47. The van der Waals surface area contributed by atoms with E-state index in [1.807, 2.05) is 12.3 Å². The van der Waals surface area contributed by atoms with Gasteiger partial charge in [0.25, 0.3) is 0 Å². The molecule has 3 rings (SSSR count). The summed E-state index contributed by atoms with van der Waals surface area (Å²) in [6.45, 7) is 7.71. The SMILES string of the molecule is COCCN1CCN(CC2CCOC2)Cc2cccnc21. The molecule has 116 valence electrons. The topological polar surface area (TPSA) is 37.8 Å². The molecule has 1 aromatic rings. The molecule has 0 amide bonds. The van der Waals surface area contributed by atoms with Crippen LogP contribution in [0.2, 0.25) is 0 Å². The van der Waals surface area contributed by atoms with Crippen molar-refractivity contribution < 1.29 is 9.47 Å². The van der Waals surface area contributed by atoms with E-state index in [0.29, 0.717) is 5.92 Å². The Morgan fingerprint density at radius 3 is 3.19 bits per heavy atom. The van der Waals surface area contributed by atoms with Crippen molar-refractivity contribution in [1.29, 1.82) is 0 Å². The normalized spacial score (nSPS) is 23.1. The highest BCUT2D eigenvalue weighted by atomic mass is 16.5. The summed E-state index contributed by atoms with van der Waals surface area (Å²) in [6.07, 6.45) is 3.09. The van der Waals surface area contributed by atoms with Crippen molar-refractivity contribution in [3.8, 4) is 0 Å². The molecule has 1 atom stereocenters. The third-order valence-electron chi connectivity index (χ3n) is 4.35. The summed E-state index contributed by atoms with van der Waals surface area (Å²) < 4.78 is 10.7. The molecule has 1 unspecified atom stereocenters. The second-order valence-electron chi connectivity index (χ2n) is 5.93. The van der Waals surface area contributed by atoms with E-state index in [4.69, 9.17) is 9.47 Å². The molecular formula is C16H25N3O2. The first-order valence-electron chi connectivity index (χ1n) is 7.84. The van der Waals surface area contributed by atoms with Crippen LogP contribution in [0.4, 0.5) is 5.82 Å². The molecule has 3 heterocycles. The van der Waals surface area contributed by atoms with Gasteiger partial charge >= 0.3 is 0 Å². The second kappa shape index (κ2) is 7.20. The zero-order chi connectivity index (χ0) is 14.5. The van der Waals surface area contributed by atoms with Crippen LogP contribution in [-0.2, 0) is 16.0 Å². The van der Waals surface area contributed by atoms with E-state index in [2.05, 4.69) is 20.9 Å². The summed E-state index contributed by atoms with van der Waals surface area (Å²) in [5, 5.41) is 0. The summed E-state index contributed by atoms with van der Waals surface area (Å²) in [7, 11) is 1.75. The minimum atomic E-state index is 0.690. The predicted octanol–water partition coefficient (Wildman–Crippen LogP) is 1.39. The number of fused-ring (bicyclic) bond motifs is 1. The summed E-state index contributed by atoms with van der Waals surface area (Å²) in [6, 6.07) is 4.24. The number of pyridine rings is 1. The summed E-state index contributed by atoms with van der Waals surface area (Å²) in [4.78, 5) is 9.50. The summed E-state index contributed by atoms with van der Waals surface area (Å²) in [5.41, 5.74) is 1.32. The molecular weight excluding hydrogens is 266 g/mol. The average molecular weight is 291 g/mol. The summed E-state index contributed by atoms with van der Waals surface area (Å²) in [5.74, 6) is 1.82. The number of hydrogen-bond acceptors (Lipinski definition) is 5. The maximum atomic E-state index is 5.51. The van der Waals surface area contributed by atoms with Crippen LogP contribution in [0.15, 0.2) is 18.3 Å². The molecule has 1 fully saturated rings. The van der Waals surface area contributed by atoms with Gasteiger partial charge in [0.15, 0.2) is 0 Å². The van der Waals surface area contributed by atoms with Crippen LogP contribution in [0.1, 0.15) is 12.0 Å². The Labute approximate surface area is 126 Å². The van der Waals surface area contributed by atoms with Gasteiger partial charge in [0.2, 0.25) is 0 Å². The Bertz CT molecular complexity index is 449. The first-order valence-corrected chi connectivity index (χ1v) is 7.84. The van der Waals surface area contributed by atoms with Crippen LogP contribution in [0.25, 0.3) is 0 Å². The van der Waals surface area contributed by atoms with Crippen LogP contribution in [0, 0.1) is 5.92 Å². The van der Waals surface area contributed by atoms with Gasteiger partial charge in [0, 0.05) is 58.2 Å². The number of ether oxygens (including phenoxy) is 2. The Kier molecular flexibility index (Phi) is 5.06. The van der Waals surface area contributed by atoms with Gasteiger partial charge in [-0.1, -0.05) is 6.07 Å². The van der Waals surface area contributed by atoms with Crippen LogP contribution in [0.3, 0.4) is 0 Å². The maximum Gasteiger partial charge on any atom is 0.133 e. The lowest BCUT2D eigenvalue weighted by Gasteiger charge is -2.24. The molecule has 0 bridgehead atoms. The van der Waals surface area contributed by atoms with Gasteiger partial charge in [-0.05, 0) is 18.4 Å². The van der Waals surface area contributed by atoms with Gasteiger partial charge in [-0.15, -0.1) is 0 Å². The Morgan fingerprint density at radius 2 is 2.38 bits per heavy atom. The van der Waals surface area contributed by atoms with Gasteiger partial charge in [0.05, 0.1) is 13.2 Å². The molecule has 0 radical (unpaired) electrons. The molecule has 5 heteroatoms. The molecule has 1 saturated heterocycles. The zero-order valence-electron chi connectivity index (χ0n) is 12.8. The van der Waals surface area contributed by atoms with E-state index in [9.17, 15) is 0 Å². The monoisotopic (exact) mass is 291 g/mol. The largest absolute Gasteiger partial charge is 0.383 e. The molecule has 2 aliphatic rings. The third kappa shape index (κ3) is 3.73. The minimum Gasteiger partial charge on any atom is -0.383 e. The fourth-order valence-electron chi connectivity index (χ4n) is 3.19. The van der Waals surface area contributed by atoms with Crippen molar-refractivity contribution in [2.24, 2.45) is 5.92 Å². The van der Waals surface area contributed by atoms with Crippen molar-refractivity contribution in [2.45, 2.75) is 13.0 Å². The van der Waals surface area contributed by atoms with Crippen molar-refractivity contribution >= 4 is 5.82 Å². The number of hydrogen-bond donors (Lipinski definition) is 0. The van der Waals surface area contributed by atoms with E-state index in [-0.39, 0.29) is 0 Å². The van der Waals surface area contributed by atoms with Crippen LogP contribution in [0.5, 0.6) is 0 Å². The smallest absolute Gasteiger partial charge is 0.133 e. The number of methoxy groups -OCH3 is 1. The number of anilines is 1. The summed E-state index contributed by atoms with van der Waals surface area (Å²) >= 11 is 0. The first kappa shape index (κ1) is 14.8. The van der Waals surface area contributed by atoms with E-state index in [0.717, 1.165) is 58.4 Å². The van der Waals surface area contributed by atoms with Crippen molar-refractivity contribution in [2.75, 3.05) is 58.0 Å². The highest BCUT2D eigenvalue weighted by Gasteiger charge is 2.24. The molecule has 0 aromatic carbocycles. The molecule has 2 aliphatic heterocycles. The van der Waals surface area contributed by atoms with E-state index in [1.54, 1.807) is 7.11 Å². The molecule has 5 nitrogen and oxygen atoms in total. The van der Waals surface area contributed by atoms with Crippen LogP contribution in [-0.4, -0.2) is 63.0 Å². The van der Waals surface area contributed by atoms with Crippen LogP contribution >= 0.6 is 0 Å².